The number of amides is 1. The summed E-state index contributed by atoms with van der Waals surface area (Å²) in [6.45, 7) is 3.48. The largest absolute Gasteiger partial charge is 0.366 e. The van der Waals surface area contributed by atoms with Crippen LogP contribution in [0.2, 0.25) is 0 Å². The topological polar surface area (TPSA) is 63.4 Å². The minimum Gasteiger partial charge on any atom is -0.366 e. The first kappa shape index (κ1) is 16.5. The van der Waals surface area contributed by atoms with Crippen molar-refractivity contribution in [2.24, 2.45) is 17.6 Å². The molecule has 4 heteroatoms. The van der Waals surface area contributed by atoms with E-state index >= 15 is 0 Å². The Bertz CT molecular complexity index is 784. The van der Waals surface area contributed by atoms with E-state index in [1.807, 2.05) is 12.1 Å². The molecule has 2 saturated carbocycles. The fourth-order valence-corrected chi connectivity index (χ4v) is 6.36. The van der Waals surface area contributed by atoms with Gasteiger partial charge in [0, 0.05) is 35.9 Å². The van der Waals surface area contributed by atoms with Crippen LogP contribution in [0.5, 0.6) is 0 Å². The summed E-state index contributed by atoms with van der Waals surface area (Å²) in [7, 11) is 0. The lowest BCUT2D eigenvalue weighted by atomic mass is 9.52. The van der Waals surface area contributed by atoms with Crippen molar-refractivity contribution in [3.05, 3.63) is 34.9 Å². The molecule has 2 unspecified atom stereocenters. The number of hydrogen-bond acceptors (Lipinski definition) is 3. The third-order valence-electron chi connectivity index (χ3n) is 7.85. The molecular weight excluding hydrogens is 324 g/mol. The number of carbonyl (C=O) groups excluding carboxylic acids is 2. The van der Waals surface area contributed by atoms with Crippen molar-refractivity contribution < 1.29 is 9.59 Å². The maximum Gasteiger partial charge on any atom is 0.248 e. The summed E-state index contributed by atoms with van der Waals surface area (Å²) in [6.07, 6.45) is 7.19. The zero-order valence-corrected chi connectivity index (χ0v) is 15.5. The molecule has 1 saturated heterocycles. The number of ketones is 1. The number of nitrogens with two attached hydrogens (primary N) is 1. The lowest BCUT2D eigenvalue weighted by Gasteiger charge is -2.60. The number of carbonyl (C=O) groups is 2. The molecular formula is C22H28N2O2. The van der Waals surface area contributed by atoms with Crippen LogP contribution in [0.4, 0.5) is 0 Å². The Morgan fingerprint density at radius 1 is 1.31 bits per heavy atom. The van der Waals surface area contributed by atoms with E-state index in [0.717, 1.165) is 38.1 Å². The van der Waals surface area contributed by atoms with Crippen LogP contribution >= 0.6 is 0 Å². The zero-order chi connectivity index (χ0) is 18.1. The first-order valence-electron chi connectivity index (χ1n) is 10.2. The Morgan fingerprint density at radius 3 is 2.85 bits per heavy atom. The van der Waals surface area contributed by atoms with Crippen molar-refractivity contribution in [2.75, 3.05) is 6.54 Å². The average Bonchev–Trinajstić information content (AvgIpc) is 3.45. The van der Waals surface area contributed by atoms with Gasteiger partial charge in [0.1, 0.15) is 5.78 Å². The van der Waals surface area contributed by atoms with Gasteiger partial charge in [-0.15, -0.1) is 0 Å². The molecule has 1 aliphatic heterocycles. The second kappa shape index (κ2) is 5.66. The van der Waals surface area contributed by atoms with Crippen LogP contribution in [0.1, 0.15) is 66.9 Å². The molecule has 2 N–H and O–H groups in total. The van der Waals surface area contributed by atoms with Crippen LogP contribution in [0.25, 0.3) is 0 Å². The Hall–Kier alpha value is -1.68. The maximum atomic E-state index is 12.5. The summed E-state index contributed by atoms with van der Waals surface area (Å²) in [5.41, 5.74) is 8.65. The lowest BCUT2D eigenvalue weighted by Crippen LogP contribution is -2.63. The van der Waals surface area contributed by atoms with Gasteiger partial charge in [-0.05, 0) is 80.7 Å². The van der Waals surface area contributed by atoms with E-state index in [0.29, 0.717) is 35.8 Å². The van der Waals surface area contributed by atoms with Gasteiger partial charge in [0.05, 0.1) is 0 Å². The average molecular weight is 352 g/mol. The number of hydrogen-bond donors (Lipinski definition) is 1. The predicted octanol–water partition coefficient (Wildman–Crippen LogP) is 2.82. The molecule has 5 rings (SSSR count). The molecule has 26 heavy (non-hydrogen) atoms. The predicted molar refractivity (Wildman–Crippen MR) is 100.0 cm³/mol. The van der Waals surface area contributed by atoms with E-state index in [1.54, 1.807) is 0 Å². The third-order valence-corrected chi connectivity index (χ3v) is 7.85. The summed E-state index contributed by atoms with van der Waals surface area (Å²) in [4.78, 5) is 27.0. The normalized spacial score (nSPS) is 34.7. The summed E-state index contributed by atoms with van der Waals surface area (Å²) >= 11 is 0. The van der Waals surface area contributed by atoms with E-state index in [2.05, 4.69) is 17.9 Å². The number of nitrogens with zero attached hydrogens (tertiary/aromatic N) is 1. The summed E-state index contributed by atoms with van der Waals surface area (Å²) in [5, 5.41) is 0. The summed E-state index contributed by atoms with van der Waals surface area (Å²) < 4.78 is 0. The minimum absolute atomic E-state index is 0.0706. The Kier molecular flexibility index (Phi) is 3.59. The van der Waals surface area contributed by atoms with Gasteiger partial charge in [0.25, 0.3) is 0 Å². The number of benzene rings is 1. The van der Waals surface area contributed by atoms with Gasteiger partial charge in [-0.2, -0.15) is 0 Å². The molecule has 4 nitrogen and oxygen atoms in total. The van der Waals surface area contributed by atoms with Gasteiger partial charge in [0.2, 0.25) is 5.91 Å². The summed E-state index contributed by atoms with van der Waals surface area (Å²) in [5.74, 6) is 1.42. The number of likely N-dealkylation sites (tertiary alicyclic amines) is 1. The second-order valence-electron chi connectivity index (χ2n) is 9.09. The quantitative estimate of drug-likeness (QED) is 0.910. The number of piperidine rings is 1. The van der Waals surface area contributed by atoms with Crippen LogP contribution < -0.4 is 5.73 Å². The van der Waals surface area contributed by atoms with Crippen LogP contribution in [0.15, 0.2) is 18.2 Å². The zero-order valence-electron chi connectivity index (χ0n) is 15.5. The molecule has 138 valence electrons. The molecule has 2 bridgehead atoms. The molecule has 0 aromatic heterocycles. The van der Waals surface area contributed by atoms with E-state index in [-0.39, 0.29) is 11.3 Å². The Morgan fingerprint density at radius 2 is 2.12 bits per heavy atom. The molecule has 1 aromatic carbocycles. The smallest absolute Gasteiger partial charge is 0.248 e. The van der Waals surface area contributed by atoms with Gasteiger partial charge >= 0.3 is 0 Å². The highest BCUT2D eigenvalue weighted by atomic mass is 16.1. The Labute approximate surface area is 155 Å². The van der Waals surface area contributed by atoms with Gasteiger partial charge in [0.15, 0.2) is 0 Å². The van der Waals surface area contributed by atoms with E-state index < -0.39 is 0 Å². The molecule has 0 spiro atoms. The fraction of sp³-hybridized carbons (Fsp3) is 0.636. The highest BCUT2D eigenvalue weighted by molar-refractivity contribution is 5.93. The van der Waals surface area contributed by atoms with Crippen molar-refractivity contribution in [2.45, 2.75) is 69.4 Å². The van der Waals surface area contributed by atoms with E-state index in [9.17, 15) is 9.59 Å². The highest BCUT2D eigenvalue weighted by Crippen LogP contribution is 2.56. The minimum atomic E-state index is -0.371. The van der Waals surface area contributed by atoms with Crippen LogP contribution in [0, 0.1) is 11.8 Å². The van der Waals surface area contributed by atoms with Gasteiger partial charge < -0.3 is 5.73 Å². The summed E-state index contributed by atoms with van der Waals surface area (Å²) in [6, 6.07) is 7.18. The van der Waals surface area contributed by atoms with Crippen molar-refractivity contribution in [1.29, 1.82) is 0 Å². The van der Waals surface area contributed by atoms with Crippen LogP contribution in [-0.4, -0.2) is 35.2 Å². The van der Waals surface area contributed by atoms with Crippen molar-refractivity contribution >= 4 is 11.7 Å². The van der Waals surface area contributed by atoms with Crippen molar-refractivity contribution in [1.82, 2.24) is 4.90 Å². The second-order valence-corrected chi connectivity index (χ2v) is 9.09. The monoisotopic (exact) mass is 352 g/mol. The number of rotatable bonds is 3. The van der Waals surface area contributed by atoms with Gasteiger partial charge in [-0.25, -0.2) is 0 Å². The Balaban J connectivity index is 1.61. The fourth-order valence-electron chi connectivity index (χ4n) is 6.36. The van der Waals surface area contributed by atoms with Crippen molar-refractivity contribution in [3.63, 3.8) is 0 Å². The lowest BCUT2D eigenvalue weighted by molar-refractivity contribution is -0.128. The van der Waals surface area contributed by atoms with Crippen LogP contribution in [0.3, 0.4) is 0 Å². The molecule has 3 aliphatic carbocycles. The third kappa shape index (κ3) is 2.31. The molecule has 1 amide bonds. The number of fused-ring (bicyclic) bond motifs is 1. The molecule has 3 fully saturated rings. The van der Waals surface area contributed by atoms with E-state index in [1.165, 1.54) is 24.0 Å². The van der Waals surface area contributed by atoms with E-state index in [4.69, 9.17) is 5.73 Å². The highest BCUT2D eigenvalue weighted by Gasteiger charge is 2.56. The van der Waals surface area contributed by atoms with Gasteiger partial charge in [-0.3, -0.25) is 14.5 Å². The van der Waals surface area contributed by atoms with Crippen molar-refractivity contribution in [3.8, 4) is 0 Å². The number of primary amides is 1. The SMILES string of the molecule is C[C@H](C1CC1)N1CCC23CC(=O)CC[C@H]2C1Cc1ccc(C(N)=O)cc13. The first-order chi connectivity index (χ1) is 12.5. The standard InChI is InChI=1S/C22H28N2O2/c1-13(14-2-3-14)24-9-8-22-12-17(25)6-7-18(22)20(24)11-15-4-5-16(21(23)26)10-19(15)22/h4-5,10,13-14,18,20H,2-3,6-9,11-12H2,1H3,(H2,23,26)/t13-,18+,20?,22?/m1/s1. The van der Waals surface area contributed by atoms with Gasteiger partial charge in [-0.1, -0.05) is 6.07 Å². The first-order valence-corrected chi connectivity index (χ1v) is 10.2. The molecule has 4 aliphatic rings. The molecule has 1 aromatic rings. The molecule has 0 radical (unpaired) electrons. The number of Topliss-reactive ketones (excluding diaryl/α,β-unsaturated/α-hetero) is 1. The maximum absolute atomic E-state index is 12.5. The van der Waals surface area contributed by atoms with Crippen LogP contribution in [-0.2, 0) is 16.6 Å². The molecule has 4 atom stereocenters. The molecule has 1 heterocycles.